The number of carbonyl (C=O) groups excluding carboxylic acids is 1. The van der Waals surface area contributed by atoms with Crippen molar-refractivity contribution >= 4 is 23.1 Å². The molecular formula is C15H8F3N3OS. The maximum atomic E-state index is 13.6. The topological polar surface area (TPSA) is 54.9 Å². The summed E-state index contributed by atoms with van der Waals surface area (Å²) in [6.45, 7) is 0. The molecule has 0 saturated carbocycles. The summed E-state index contributed by atoms with van der Waals surface area (Å²) in [7, 11) is 0. The van der Waals surface area contributed by atoms with E-state index in [0.717, 1.165) is 23.7 Å². The molecule has 1 amide bonds. The molecule has 3 rings (SSSR count). The highest BCUT2D eigenvalue weighted by molar-refractivity contribution is 7.08. The molecule has 3 aromatic rings. The predicted octanol–water partition coefficient (Wildman–Crippen LogP) is 3.87. The highest BCUT2D eigenvalue weighted by Gasteiger charge is 2.20. The quantitative estimate of drug-likeness (QED) is 0.790. The van der Waals surface area contributed by atoms with E-state index in [1.54, 1.807) is 0 Å². The number of halogens is 3. The number of nitrogens with one attached hydrogen (secondary N) is 1. The van der Waals surface area contributed by atoms with Gasteiger partial charge >= 0.3 is 0 Å². The molecule has 0 radical (unpaired) electrons. The van der Waals surface area contributed by atoms with Crippen molar-refractivity contribution in [2.45, 2.75) is 0 Å². The van der Waals surface area contributed by atoms with Crippen LogP contribution in [0.3, 0.4) is 0 Å². The number of aromatic nitrogens is 2. The molecule has 23 heavy (non-hydrogen) atoms. The first-order valence-electron chi connectivity index (χ1n) is 6.40. The molecule has 0 aliphatic heterocycles. The number of rotatable bonds is 3. The Labute approximate surface area is 132 Å². The molecule has 1 N–H and O–H groups in total. The fourth-order valence-corrected chi connectivity index (χ4v) is 2.51. The lowest BCUT2D eigenvalue weighted by molar-refractivity contribution is 0.103. The molecule has 4 nitrogen and oxygen atoms in total. The first kappa shape index (κ1) is 15.2. The number of nitrogens with zero attached hydrogens (tertiary/aromatic N) is 2. The van der Waals surface area contributed by atoms with Crippen LogP contribution in [0.4, 0.5) is 18.9 Å². The van der Waals surface area contributed by atoms with Crippen molar-refractivity contribution in [1.29, 1.82) is 0 Å². The van der Waals surface area contributed by atoms with E-state index in [9.17, 15) is 18.0 Å². The first-order chi connectivity index (χ1) is 11.1. The Kier molecular flexibility index (Phi) is 4.07. The molecule has 0 fully saturated rings. The summed E-state index contributed by atoms with van der Waals surface area (Å²) in [6, 6.07) is 8.56. The van der Waals surface area contributed by atoms with Crippen LogP contribution in [0.15, 0.2) is 42.5 Å². The monoisotopic (exact) mass is 335 g/mol. The van der Waals surface area contributed by atoms with Crippen LogP contribution in [-0.2, 0) is 0 Å². The van der Waals surface area contributed by atoms with Crippen molar-refractivity contribution in [1.82, 2.24) is 9.59 Å². The minimum Gasteiger partial charge on any atom is -0.316 e. The molecule has 2 aromatic carbocycles. The van der Waals surface area contributed by atoms with Crippen LogP contribution in [0.25, 0.3) is 11.3 Å². The summed E-state index contributed by atoms with van der Waals surface area (Å²) in [6.07, 6.45) is 0. The lowest BCUT2D eigenvalue weighted by Crippen LogP contribution is -2.14. The van der Waals surface area contributed by atoms with Crippen molar-refractivity contribution in [2.75, 3.05) is 5.32 Å². The van der Waals surface area contributed by atoms with E-state index >= 15 is 0 Å². The fourth-order valence-electron chi connectivity index (χ4n) is 1.92. The molecule has 1 aromatic heterocycles. The summed E-state index contributed by atoms with van der Waals surface area (Å²) < 4.78 is 43.8. The van der Waals surface area contributed by atoms with Crippen molar-refractivity contribution < 1.29 is 18.0 Å². The Bertz CT molecular complexity index is 844. The van der Waals surface area contributed by atoms with Gasteiger partial charge in [0, 0.05) is 5.56 Å². The van der Waals surface area contributed by atoms with E-state index < -0.39 is 29.0 Å². The maximum Gasteiger partial charge on any atom is 0.269 e. The molecule has 0 aliphatic carbocycles. The first-order valence-corrected chi connectivity index (χ1v) is 7.17. The van der Waals surface area contributed by atoms with Crippen LogP contribution in [0.1, 0.15) is 9.67 Å². The van der Waals surface area contributed by atoms with Gasteiger partial charge in [-0.1, -0.05) is 10.6 Å². The van der Waals surface area contributed by atoms with Crippen LogP contribution in [0.2, 0.25) is 0 Å². The Hall–Kier alpha value is -2.74. The van der Waals surface area contributed by atoms with Gasteiger partial charge in [-0.05, 0) is 47.9 Å². The summed E-state index contributed by atoms with van der Waals surface area (Å²) in [4.78, 5) is 12.3. The lowest BCUT2D eigenvalue weighted by Gasteiger charge is -2.07. The molecule has 0 atom stereocenters. The molecule has 116 valence electrons. The Morgan fingerprint density at radius 2 is 1.65 bits per heavy atom. The molecule has 0 saturated heterocycles. The molecule has 1 heterocycles. The van der Waals surface area contributed by atoms with Gasteiger partial charge in [-0.2, -0.15) is 0 Å². The van der Waals surface area contributed by atoms with E-state index in [0.29, 0.717) is 5.56 Å². The Morgan fingerprint density at radius 3 is 2.30 bits per heavy atom. The average Bonchev–Trinajstić information content (AvgIpc) is 3.01. The van der Waals surface area contributed by atoms with Crippen molar-refractivity contribution in [3.05, 3.63) is 64.8 Å². The van der Waals surface area contributed by atoms with Crippen LogP contribution < -0.4 is 5.32 Å². The normalized spacial score (nSPS) is 10.6. The van der Waals surface area contributed by atoms with Crippen LogP contribution in [0.5, 0.6) is 0 Å². The second-order valence-corrected chi connectivity index (χ2v) is 5.26. The number of carbonyl (C=O) groups is 1. The van der Waals surface area contributed by atoms with E-state index in [1.807, 2.05) is 0 Å². The van der Waals surface area contributed by atoms with Crippen molar-refractivity contribution in [3.8, 4) is 11.3 Å². The second kappa shape index (κ2) is 6.17. The van der Waals surface area contributed by atoms with Gasteiger partial charge in [-0.3, -0.25) is 4.79 Å². The highest BCUT2D eigenvalue weighted by atomic mass is 32.1. The minimum atomic E-state index is -0.890. The van der Waals surface area contributed by atoms with Crippen LogP contribution in [-0.4, -0.2) is 15.5 Å². The van der Waals surface area contributed by atoms with E-state index in [2.05, 4.69) is 14.9 Å². The smallest absolute Gasteiger partial charge is 0.269 e. The molecule has 0 bridgehead atoms. The second-order valence-electron chi connectivity index (χ2n) is 4.51. The minimum absolute atomic E-state index is 0.0688. The lowest BCUT2D eigenvalue weighted by atomic mass is 10.1. The third kappa shape index (κ3) is 3.07. The third-order valence-electron chi connectivity index (χ3n) is 3.01. The van der Waals surface area contributed by atoms with Gasteiger partial charge in [-0.15, -0.1) is 5.10 Å². The largest absolute Gasteiger partial charge is 0.316 e. The molecule has 0 spiro atoms. The predicted molar refractivity (Wildman–Crippen MR) is 79.6 cm³/mol. The SMILES string of the molecule is O=C(Nc1c(F)cccc1F)c1snnc1-c1ccc(F)cc1. The molecular weight excluding hydrogens is 327 g/mol. The number of hydrogen-bond donors (Lipinski definition) is 1. The zero-order valence-electron chi connectivity index (χ0n) is 11.4. The standard InChI is InChI=1S/C15H8F3N3OS/c16-9-6-4-8(5-7-9)12-14(23-21-20-12)15(22)19-13-10(17)2-1-3-11(13)18/h1-7H,(H,19,22). The van der Waals surface area contributed by atoms with Crippen molar-refractivity contribution in [3.63, 3.8) is 0 Å². The van der Waals surface area contributed by atoms with Gasteiger partial charge in [-0.25, -0.2) is 13.2 Å². The Morgan fingerprint density at radius 1 is 1.00 bits per heavy atom. The number of hydrogen-bond acceptors (Lipinski definition) is 4. The van der Waals surface area contributed by atoms with Gasteiger partial charge in [0.05, 0.1) is 0 Å². The summed E-state index contributed by atoms with van der Waals surface area (Å²) in [5.41, 5.74) is 0.138. The summed E-state index contributed by atoms with van der Waals surface area (Å²) in [5.74, 6) is -2.96. The Balaban J connectivity index is 1.92. The van der Waals surface area contributed by atoms with Gasteiger partial charge in [0.2, 0.25) is 0 Å². The van der Waals surface area contributed by atoms with E-state index in [-0.39, 0.29) is 10.6 Å². The molecule has 8 heteroatoms. The van der Waals surface area contributed by atoms with Gasteiger partial charge in [0.15, 0.2) is 0 Å². The number of para-hydroxylation sites is 1. The molecule has 0 aliphatic rings. The van der Waals surface area contributed by atoms with Gasteiger partial charge in [0.1, 0.15) is 33.7 Å². The summed E-state index contributed by atoms with van der Waals surface area (Å²) in [5, 5.41) is 5.99. The zero-order valence-corrected chi connectivity index (χ0v) is 12.2. The van der Waals surface area contributed by atoms with Crippen molar-refractivity contribution in [2.24, 2.45) is 0 Å². The average molecular weight is 335 g/mol. The van der Waals surface area contributed by atoms with Crippen LogP contribution >= 0.6 is 11.5 Å². The fraction of sp³-hybridized carbons (Fsp3) is 0. The molecule has 0 unspecified atom stereocenters. The highest BCUT2D eigenvalue weighted by Crippen LogP contribution is 2.26. The third-order valence-corrected chi connectivity index (χ3v) is 3.74. The number of anilines is 1. The van der Waals surface area contributed by atoms with Gasteiger partial charge < -0.3 is 5.32 Å². The van der Waals surface area contributed by atoms with E-state index in [4.69, 9.17) is 0 Å². The number of benzene rings is 2. The zero-order chi connectivity index (χ0) is 16.4. The number of amides is 1. The van der Waals surface area contributed by atoms with Gasteiger partial charge in [0.25, 0.3) is 5.91 Å². The maximum absolute atomic E-state index is 13.6. The van der Waals surface area contributed by atoms with E-state index in [1.165, 1.54) is 30.3 Å². The summed E-state index contributed by atoms with van der Waals surface area (Å²) >= 11 is 0.776. The van der Waals surface area contributed by atoms with Crippen LogP contribution in [0, 0.1) is 17.5 Å².